The molecule has 6 heteroatoms. The Morgan fingerprint density at radius 2 is 1.68 bits per heavy atom. The lowest BCUT2D eigenvalue weighted by Gasteiger charge is -2.09. The molecule has 5 nitrogen and oxygen atoms in total. The third kappa shape index (κ3) is 4.26. The lowest BCUT2D eigenvalue weighted by Crippen LogP contribution is -2.26. The van der Waals surface area contributed by atoms with E-state index < -0.39 is 0 Å². The first-order chi connectivity index (χ1) is 10.5. The van der Waals surface area contributed by atoms with E-state index in [0.29, 0.717) is 0 Å². The Kier molecular flexibility index (Phi) is 5.06. The summed E-state index contributed by atoms with van der Waals surface area (Å²) in [6, 6.07) is 14.1. The van der Waals surface area contributed by atoms with Gasteiger partial charge in [-0.25, -0.2) is 4.99 Å². The van der Waals surface area contributed by atoms with Crippen molar-refractivity contribution in [1.82, 2.24) is 0 Å². The monoisotopic (exact) mass is 313 g/mol. The van der Waals surface area contributed by atoms with Crippen molar-refractivity contribution in [3.8, 4) is 0 Å². The molecule has 2 aromatic carbocycles. The third-order valence-electron chi connectivity index (χ3n) is 2.89. The molecule has 0 amide bonds. The van der Waals surface area contributed by atoms with E-state index in [1.807, 2.05) is 24.3 Å². The van der Waals surface area contributed by atoms with Crippen LogP contribution in [0.4, 0.5) is 5.69 Å². The molecule has 0 unspecified atom stereocenters. The molecule has 2 aromatic rings. The van der Waals surface area contributed by atoms with Gasteiger partial charge in [0, 0.05) is 9.79 Å². The van der Waals surface area contributed by atoms with Gasteiger partial charge in [-0.05, 0) is 37.6 Å². The first-order valence-electron chi connectivity index (χ1n) is 6.73. The standard InChI is InChI=1S/C16H19N5S/c1-10-7-8-13(11(2)9-10)22-14-6-4-3-5-12(14)20-16(19)21-15(17)18/h3-9H,1-2H3,(H6,17,18,19,20,21). The molecule has 0 heterocycles. The Morgan fingerprint density at radius 1 is 0.955 bits per heavy atom. The van der Waals surface area contributed by atoms with E-state index in [1.54, 1.807) is 11.8 Å². The topological polar surface area (TPSA) is 103 Å². The van der Waals surface area contributed by atoms with Crippen LogP contribution in [0.3, 0.4) is 0 Å². The number of nitrogens with two attached hydrogens (primary N) is 3. The maximum atomic E-state index is 5.71. The second-order valence-corrected chi connectivity index (χ2v) is 5.93. The van der Waals surface area contributed by atoms with Gasteiger partial charge in [0.15, 0.2) is 5.96 Å². The van der Waals surface area contributed by atoms with Crippen LogP contribution >= 0.6 is 11.8 Å². The molecule has 0 aliphatic heterocycles. The number of guanidine groups is 2. The van der Waals surface area contributed by atoms with Crippen molar-refractivity contribution in [2.45, 2.75) is 23.6 Å². The molecular weight excluding hydrogens is 294 g/mol. The molecule has 0 fully saturated rings. The van der Waals surface area contributed by atoms with Gasteiger partial charge < -0.3 is 17.2 Å². The number of hydrogen-bond acceptors (Lipinski definition) is 2. The van der Waals surface area contributed by atoms with E-state index in [0.717, 1.165) is 10.6 Å². The average Bonchev–Trinajstić information content (AvgIpc) is 2.43. The summed E-state index contributed by atoms with van der Waals surface area (Å²) in [5, 5.41) is 0. The summed E-state index contributed by atoms with van der Waals surface area (Å²) in [6.07, 6.45) is 0. The van der Waals surface area contributed by atoms with Crippen molar-refractivity contribution in [2.75, 3.05) is 0 Å². The van der Waals surface area contributed by atoms with Crippen LogP contribution in [0.1, 0.15) is 11.1 Å². The minimum Gasteiger partial charge on any atom is -0.370 e. The van der Waals surface area contributed by atoms with E-state index >= 15 is 0 Å². The quantitative estimate of drug-likeness (QED) is 0.598. The zero-order valence-corrected chi connectivity index (χ0v) is 13.4. The minimum atomic E-state index is -0.110. The second kappa shape index (κ2) is 7.00. The molecule has 22 heavy (non-hydrogen) atoms. The molecule has 0 spiro atoms. The Bertz CT molecular complexity index is 733. The molecule has 114 valence electrons. The molecule has 6 N–H and O–H groups in total. The number of benzene rings is 2. The van der Waals surface area contributed by atoms with Crippen molar-refractivity contribution < 1.29 is 0 Å². The van der Waals surface area contributed by atoms with Crippen LogP contribution < -0.4 is 17.2 Å². The number of aliphatic imine (C=N–C) groups is 2. The van der Waals surface area contributed by atoms with E-state index in [4.69, 9.17) is 17.2 Å². The average molecular weight is 313 g/mol. The molecule has 0 aliphatic rings. The normalized spacial score (nSPS) is 11.3. The van der Waals surface area contributed by atoms with Gasteiger partial charge in [0.05, 0.1) is 5.69 Å². The number of hydrogen-bond donors (Lipinski definition) is 3. The molecular formula is C16H19N5S. The van der Waals surface area contributed by atoms with E-state index in [2.05, 4.69) is 42.0 Å². The highest BCUT2D eigenvalue weighted by molar-refractivity contribution is 7.99. The highest BCUT2D eigenvalue weighted by Crippen LogP contribution is 2.36. The van der Waals surface area contributed by atoms with Gasteiger partial charge in [-0.2, -0.15) is 4.99 Å². The maximum Gasteiger partial charge on any atom is 0.223 e. The van der Waals surface area contributed by atoms with Gasteiger partial charge in [0.2, 0.25) is 5.96 Å². The van der Waals surface area contributed by atoms with Crippen LogP contribution in [-0.2, 0) is 0 Å². The van der Waals surface area contributed by atoms with Crippen molar-refractivity contribution in [3.05, 3.63) is 53.6 Å². The fourth-order valence-corrected chi connectivity index (χ4v) is 2.91. The van der Waals surface area contributed by atoms with Gasteiger partial charge in [-0.3, -0.25) is 0 Å². The van der Waals surface area contributed by atoms with Crippen molar-refractivity contribution >= 4 is 29.4 Å². The Morgan fingerprint density at radius 3 is 2.36 bits per heavy atom. The van der Waals surface area contributed by atoms with E-state index in [1.165, 1.54) is 16.0 Å². The fraction of sp³-hybridized carbons (Fsp3) is 0.125. The summed E-state index contributed by atoms with van der Waals surface area (Å²) in [6.45, 7) is 4.17. The summed E-state index contributed by atoms with van der Waals surface area (Å²) < 4.78 is 0. The molecule has 0 saturated carbocycles. The highest BCUT2D eigenvalue weighted by Gasteiger charge is 2.06. The zero-order valence-electron chi connectivity index (χ0n) is 12.6. The van der Waals surface area contributed by atoms with Gasteiger partial charge in [0.25, 0.3) is 0 Å². The Labute approximate surface area is 134 Å². The van der Waals surface area contributed by atoms with Gasteiger partial charge in [-0.15, -0.1) is 0 Å². The first kappa shape index (κ1) is 15.9. The second-order valence-electron chi connectivity index (χ2n) is 4.85. The van der Waals surface area contributed by atoms with Crippen LogP contribution in [0, 0.1) is 13.8 Å². The summed E-state index contributed by atoms with van der Waals surface area (Å²) in [7, 11) is 0. The molecule has 0 aromatic heterocycles. The molecule has 0 bridgehead atoms. The number of aryl methyl sites for hydroxylation is 2. The lowest BCUT2D eigenvalue weighted by atomic mass is 10.2. The molecule has 2 rings (SSSR count). The van der Waals surface area contributed by atoms with Crippen LogP contribution in [0.15, 0.2) is 62.2 Å². The van der Waals surface area contributed by atoms with Crippen molar-refractivity contribution in [1.29, 1.82) is 0 Å². The molecule has 0 aliphatic carbocycles. The summed E-state index contributed by atoms with van der Waals surface area (Å²) in [5.74, 6) is -0.0746. The predicted molar refractivity (Wildman–Crippen MR) is 93.6 cm³/mol. The van der Waals surface area contributed by atoms with E-state index in [9.17, 15) is 0 Å². The van der Waals surface area contributed by atoms with Crippen LogP contribution in [0.2, 0.25) is 0 Å². The van der Waals surface area contributed by atoms with Gasteiger partial charge in [-0.1, -0.05) is 41.6 Å². The number of rotatable bonds is 3. The van der Waals surface area contributed by atoms with Crippen molar-refractivity contribution in [2.24, 2.45) is 27.2 Å². The summed E-state index contributed by atoms with van der Waals surface area (Å²) in [4.78, 5) is 10.2. The van der Waals surface area contributed by atoms with Gasteiger partial charge in [0.1, 0.15) is 0 Å². The summed E-state index contributed by atoms with van der Waals surface area (Å²) in [5.41, 5.74) is 19.5. The van der Waals surface area contributed by atoms with Gasteiger partial charge >= 0.3 is 0 Å². The third-order valence-corrected chi connectivity index (χ3v) is 4.14. The largest absolute Gasteiger partial charge is 0.370 e. The summed E-state index contributed by atoms with van der Waals surface area (Å²) >= 11 is 1.64. The Balaban J connectivity index is 2.34. The van der Waals surface area contributed by atoms with Crippen molar-refractivity contribution in [3.63, 3.8) is 0 Å². The predicted octanol–water partition coefficient (Wildman–Crippen LogP) is 2.67. The zero-order chi connectivity index (χ0) is 16.1. The SMILES string of the molecule is Cc1ccc(Sc2ccccc2N=C(N)N=C(N)N)c(C)c1. The van der Waals surface area contributed by atoms with Crippen LogP contribution in [0.5, 0.6) is 0 Å². The van der Waals surface area contributed by atoms with Crippen LogP contribution in [-0.4, -0.2) is 11.9 Å². The molecule has 0 atom stereocenters. The number of nitrogens with zero attached hydrogens (tertiary/aromatic N) is 2. The van der Waals surface area contributed by atoms with E-state index in [-0.39, 0.29) is 11.9 Å². The van der Waals surface area contributed by atoms with Crippen LogP contribution in [0.25, 0.3) is 0 Å². The molecule has 0 saturated heterocycles. The molecule has 0 radical (unpaired) electrons. The first-order valence-corrected chi connectivity index (χ1v) is 7.55. The lowest BCUT2D eigenvalue weighted by molar-refractivity contribution is 1.25. The smallest absolute Gasteiger partial charge is 0.223 e. The minimum absolute atomic E-state index is 0.0358. The maximum absolute atomic E-state index is 5.71. The number of para-hydroxylation sites is 1. The highest BCUT2D eigenvalue weighted by atomic mass is 32.2. The Hall–Kier alpha value is -2.47. The fourth-order valence-electron chi connectivity index (χ4n) is 1.95.